The first-order chi connectivity index (χ1) is 12.7. The van der Waals surface area contributed by atoms with Gasteiger partial charge in [-0.2, -0.15) is 4.31 Å². The zero-order chi connectivity index (χ0) is 19.7. The van der Waals surface area contributed by atoms with Crippen LogP contribution in [0.15, 0.2) is 52.3 Å². The zero-order valence-electron chi connectivity index (χ0n) is 14.9. The molecule has 0 aliphatic carbocycles. The Kier molecular flexibility index (Phi) is 5.66. The van der Waals surface area contributed by atoms with E-state index in [2.05, 4.69) is 4.72 Å². The molecule has 0 saturated carbocycles. The van der Waals surface area contributed by atoms with Crippen LogP contribution in [0.25, 0.3) is 0 Å². The number of aryl methyl sites for hydroxylation is 1. The number of halogens is 1. The first kappa shape index (κ1) is 19.9. The molecule has 0 bridgehead atoms. The summed E-state index contributed by atoms with van der Waals surface area (Å²) in [6.45, 7) is 2.59. The van der Waals surface area contributed by atoms with E-state index in [-0.39, 0.29) is 22.2 Å². The van der Waals surface area contributed by atoms with Crippen molar-refractivity contribution in [3.8, 4) is 0 Å². The maximum atomic E-state index is 13.3. The lowest BCUT2D eigenvalue weighted by atomic mass is 10.1. The SMILES string of the molecule is Cc1cc(CNS(=O)(=O)c2ccc(S(=O)(=O)N3CCCC3)cc2)ccc1F. The Balaban J connectivity index is 1.74. The number of nitrogens with zero attached hydrogens (tertiary/aromatic N) is 1. The lowest BCUT2D eigenvalue weighted by molar-refractivity contribution is 0.477. The Labute approximate surface area is 159 Å². The summed E-state index contributed by atoms with van der Waals surface area (Å²) in [5.41, 5.74) is 1.06. The van der Waals surface area contributed by atoms with Crippen LogP contribution in [0.3, 0.4) is 0 Å². The van der Waals surface area contributed by atoms with E-state index in [1.807, 2.05) is 0 Å². The van der Waals surface area contributed by atoms with Gasteiger partial charge in [0, 0.05) is 19.6 Å². The number of nitrogens with one attached hydrogen (secondary N) is 1. The average Bonchev–Trinajstić information content (AvgIpc) is 3.18. The molecule has 1 fully saturated rings. The zero-order valence-corrected chi connectivity index (χ0v) is 16.5. The topological polar surface area (TPSA) is 83.5 Å². The maximum Gasteiger partial charge on any atom is 0.243 e. The highest BCUT2D eigenvalue weighted by Crippen LogP contribution is 2.22. The molecule has 3 rings (SSSR count). The summed E-state index contributed by atoms with van der Waals surface area (Å²) in [6.07, 6.45) is 1.66. The molecule has 2 aromatic carbocycles. The van der Waals surface area contributed by atoms with Crippen LogP contribution in [-0.4, -0.2) is 34.2 Å². The fourth-order valence-corrected chi connectivity index (χ4v) is 5.48. The Morgan fingerprint density at radius 2 is 1.56 bits per heavy atom. The van der Waals surface area contributed by atoms with Crippen LogP contribution in [0.5, 0.6) is 0 Å². The minimum Gasteiger partial charge on any atom is -0.207 e. The summed E-state index contributed by atoms with van der Waals surface area (Å²) < 4.78 is 67.0. The first-order valence-electron chi connectivity index (χ1n) is 8.55. The number of benzene rings is 2. The Morgan fingerprint density at radius 1 is 0.963 bits per heavy atom. The third kappa shape index (κ3) is 4.37. The normalized spacial score (nSPS) is 15.9. The summed E-state index contributed by atoms with van der Waals surface area (Å²) in [5, 5.41) is 0. The van der Waals surface area contributed by atoms with Crippen LogP contribution in [0, 0.1) is 12.7 Å². The molecule has 1 saturated heterocycles. The van der Waals surface area contributed by atoms with Gasteiger partial charge in [-0.1, -0.05) is 12.1 Å². The van der Waals surface area contributed by atoms with E-state index >= 15 is 0 Å². The van der Waals surface area contributed by atoms with Crippen molar-refractivity contribution in [2.75, 3.05) is 13.1 Å². The van der Waals surface area contributed by atoms with Crippen molar-refractivity contribution in [1.29, 1.82) is 0 Å². The van der Waals surface area contributed by atoms with Gasteiger partial charge < -0.3 is 0 Å². The molecule has 0 aromatic heterocycles. The van der Waals surface area contributed by atoms with Gasteiger partial charge in [-0.25, -0.2) is 25.9 Å². The largest absolute Gasteiger partial charge is 0.243 e. The molecule has 0 spiro atoms. The van der Waals surface area contributed by atoms with Gasteiger partial charge in [-0.05, 0) is 61.2 Å². The third-order valence-electron chi connectivity index (χ3n) is 4.53. The molecule has 0 amide bonds. The van der Waals surface area contributed by atoms with Gasteiger partial charge >= 0.3 is 0 Å². The van der Waals surface area contributed by atoms with E-state index in [1.165, 1.54) is 40.7 Å². The van der Waals surface area contributed by atoms with Crippen molar-refractivity contribution in [3.63, 3.8) is 0 Å². The highest BCUT2D eigenvalue weighted by molar-refractivity contribution is 7.89. The smallest absolute Gasteiger partial charge is 0.207 e. The van der Waals surface area contributed by atoms with Gasteiger partial charge in [-0.15, -0.1) is 0 Å². The van der Waals surface area contributed by atoms with E-state index < -0.39 is 20.0 Å². The summed E-state index contributed by atoms with van der Waals surface area (Å²) in [4.78, 5) is 0.0548. The second kappa shape index (κ2) is 7.67. The van der Waals surface area contributed by atoms with Gasteiger partial charge in [0.25, 0.3) is 0 Å². The van der Waals surface area contributed by atoms with Crippen molar-refractivity contribution < 1.29 is 21.2 Å². The third-order valence-corrected chi connectivity index (χ3v) is 7.86. The predicted molar refractivity (Wildman–Crippen MR) is 99.6 cm³/mol. The minimum absolute atomic E-state index is 0.0112. The summed E-state index contributed by atoms with van der Waals surface area (Å²) in [6, 6.07) is 9.55. The molecule has 9 heteroatoms. The summed E-state index contributed by atoms with van der Waals surface area (Å²) >= 11 is 0. The molecule has 1 heterocycles. The van der Waals surface area contributed by atoms with Gasteiger partial charge in [0.15, 0.2) is 0 Å². The summed E-state index contributed by atoms with van der Waals surface area (Å²) in [5.74, 6) is -0.351. The van der Waals surface area contributed by atoms with E-state index in [1.54, 1.807) is 13.0 Å². The Morgan fingerprint density at radius 3 is 2.15 bits per heavy atom. The van der Waals surface area contributed by atoms with Crippen LogP contribution in [0.1, 0.15) is 24.0 Å². The summed E-state index contributed by atoms with van der Waals surface area (Å²) in [7, 11) is -7.40. The van der Waals surface area contributed by atoms with E-state index in [0.717, 1.165) is 12.8 Å². The van der Waals surface area contributed by atoms with Gasteiger partial charge in [0.2, 0.25) is 20.0 Å². The molecule has 6 nitrogen and oxygen atoms in total. The lowest BCUT2D eigenvalue weighted by Gasteiger charge is -2.15. The van der Waals surface area contributed by atoms with Gasteiger partial charge in [-0.3, -0.25) is 0 Å². The van der Waals surface area contributed by atoms with Crippen molar-refractivity contribution in [1.82, 2.24) is 9.03 Å². The van der Waals surface area contributed by atoms with Crippen LogP contribution in [0.4, 0.5) is 4.39 Å². The van der Waals surface area contributed by atoms with Crippen molar-refractivity contribution >= 4 is 20.0 Å². The standard InChI is InChI=1S/C18H21FN2O4S2/c1-14-12-15(4-9-18(14)19)13-20-26(22,23)16-5-7-17(8-6-16)27(24,25)21-10-2-3-11-21/h4-9,12,20H,2-3,10-11,13H2,1H3. The van der Waals surface area contributed by atoms with E-state index in [0.29, 0.717) is 24.2 Å². The van der Waals surface area contributed by atoms with Crippen molar-refractivity contribution in [3.05, 3.63) is 59.4 Å². The molecule has 1 aliphatic rings. The Hall–Kier alpha value is -1.81. The number of hydrogen-bond donors (Lipinski definition) is 1. The van der Waals surface area contributed by atoms with Gasteiger partial charge in [0.1, 0.15) is 5.82 Å². The monoisotopic (exact) mass is 412 g/mol. The maximum absolute atomic E-state index is 13.3. The molecule has 1 aliphatic heterocycles. The molecular weight excluding hydrogens is 391 g/mol. The average molecular weight is 413 g/mol. The molecular formula is C18H21FN2O4S2. The quantitative estimate of drug-likeness (QED) is 0.790. The van der Waals surface area contributed by atoms with Crippen molar-refractivity contribution in [2.24, 2.45) is 0 Å². The second-order valence-corrected chi connectivity index (χ2v) is 10.2. The van der Waals surface area contributed by atoms with Crippen LogP contribution in [0.2, 0.25) is 0 Å². The van der Waals surface area contributed by atoms with Crippen LogP contribution < -0.4 is 4.72 Å². The Bertz CT molecular complexity index is 1030. The minimum atomic E-state index is -3.81. The molecule has 0 atom stereocenters. The number of rotatable bonds is 6. The molecule has 2 aromatic rings. The highest BCUT2D eigenvalue weighted by Gasteiger charge is 2.27. The fourth-order valence-electron chi connectivity index (χ4n) is 2.95. The van der Waals surface area contributed by atoms with Crippen LogP contribution in [-0.2, 0) is 26.6 Å². The second-order valence-electron chi connectivity index (χ2n) is 6.49. The van der Waals surface area contributed by atoms with E-state index in [4.69, 9.17) is 0 Å². The molecule has 146 valence electrons. The predicted octanol–water partition coefficient (Wildman–Crippen LogP) is 2.40. The van der Waals surface area contributed by atoms with E-state index in [9.17, 15) is 21.2 Å². The fraction of sp³-hybridized carbons (Fsp3) is 0.333. The number of hydrogen-bond acceptors (Lipinski definition) is 4. The molecule has 1 N–H and O–H groups in total. The van der Waals surface area contributed by atoms with Gasteiger partial charge in [0.05, 0.1) is 9.79 Å². The molecule has 0 unspecified atom stereocenters. The lowest BCUT2D eigenvalue weighted by Crippen LogP contribution is -2.28. The first-order valence-corrected chi connectivity index (χ1v) is 11.5. The number of sulfonamides is 2. The highest BCUT2D eigenvalue weighted by atomic mass is 32.2. The molecule has 0 radical (unpaired) electrons. The van der Waals surface area contributed by atoms with Crippen LogP contribution >= 0.6 is 0 Å². The molecule has 27 heavy (non-hydrogen) atoms. The van der Waals surface area contributed by atoms with Crippen molar-refractivity contribution in [2.45, 2.75) is 36.1 Å².